The molecule has 0 aromatic heterocycles. The molecular formula is C16H19N3O. The molecule has 20 heavy (non-hydrogen) atoms. The number of hydrogen-bond donors (Lipinski definition) is 2. The van der Waals surface area contributed by atoms with E-state index in [0.29, 0.717) is 18.8 Å². The van der Waals surface area contributed by atoms with Gasteiger partial charge in [0.05, 0.1) is 0 Å². The molecule has 0 saturated heterocycles. The molecule has 4 nitrogen and oxygen atoms in total. The molecule has 2 rings (SSSR count). The van der Waals surface area contributed by atoms with Crippen LogP contribution in [0.25, 0.3) is 0 Å². The van der Waals surface area contributed by atoms with Crippen molar-refractivity contribution < 1.29 is 4.79 Å². The lowest BCUT2D eigenvalue weighted by molar-refractivity contribution is 0.246. The molecule has 2 amide bonds. The second-order valence-corrected chi connectivity index (χ2v) is 4.48. The maximum atomic E-state index is 12.2. The summed E-state index contributed by atoms with van der Waals surface area (Å²) in [5.41, 5.74) is 8.29. The average Bonchev–Trinajstić information content (AvgIpc) is 2.47. The van der Waals surface area contributed by atoms with E-state index in [1.165, 1.54) is 0 Å². The second-order valence-electron chi connectivity index (χ2n) is 4.48. The summed E-state index contributed by atoms with van der Waals surface area (Å²) in [5, 5.41) is 2.91. The zero-order valence-corrected chi connectivity index (χ0v) is 11.5. The van der Waals surface area contributed by atoms with Crippen LogP contribution < -0.4 is 16.0 Å². The molecule has 0 aliphatic carbocycles. The molecule has 0 unspecified atom stereocenters. The predicted molar refractivity (Wildman–Crippen MR) is 82.6 cm³/mol. The van der Waals surface area contributed by atoms with Gasteiger partial charge in [0.15, 0.2) is 0 Å². The van der Waals surface area contributed by atoms with Gasteiger partial charge in [0.25, 0.3) is 0 Å². The number of nitrogens with two attached hydrogens (primary N) is 1. The number of amides is 2. The summed E-state index contributed by atoms with van der Waals surface area (Å²) in [6, 6.07) is 17.0. The molecule has 2 aromatic rings. The van der Waals surface area contributed by atoms with Crippen LogP contribution in [0.4, 0.5) is 16.2 Å². The summed E-state index contributed by atoms with van der Waals surface area (Å²) >= 11 is 0. The molecule has 0 aliphatic rings. The summed E-state index contributed by atoms with van der Waals surface area (Å²) in [4.78, 5) is 13.9. The number of hydrogen-bond acceptors (Lipinski definition) is 2. The number of nitrogens with zero attached hydrogens (tertiary/aromatic N) is 1. The van der Waals surface area contributed by atoms with E-state index in [-0.39, 0.29) is 6.03 Å². The third-order valence-corrected chi connectivity index (χ3v) is 3.03. The highest BCUT2D eigenvalue weighted by Gasteiger charge is 2.13. The number of urea groups is 1. The monoisotopic (exact) mass is 269 g/mol. The van der Waals surface area contributed by atoms with E-state index in [1.54, 1.807) is 17.0 Å². The number of nitrogen functional groups attached to an aromatic ring is 1. The first-order valence-corrected chi connectivity index (χ1v) is 6.65. The van der Waals surface area contributed by atoms with Crippen molar-refractivity contribution in [3.05, 3.63) is 60.2 Å². The number of benzene rings is 2. The molecule has 4 heteroatoms. The highest BCUT2D eigenvalue weighted by atomic mass is 16.2. The first-order valence-electron chi connectivity index (χ1n) is 6.65. The van der Waals surface area contributed by atoms with E-state index in [1.807, 2.05) is 49.4 Å². The number of rotatable bonds is 4. The van der Waals surface area contributed by atoms with Crippen LogP contribution in [0.15, 0.2) is 54.6 Å². The zero-order valence-electron chi connectivity index (χ0n) is 11.5. The van der Waals surface area contributed by atoms with E-state index in [2.05, 4.69) is 5.32 Å². The fourth-order valence-electron chi connectivity index (χ4n) is 2.01. The standard InChI is InChI=1S/C16H19N3O/c1-2-19(15-10-6-9-14(17)11-15)16(20)18-12-13-7-4-3-5-8-13/h3-11H,2,12,17H2,1H3,(H,18,20). The minimum atomic E-state index is -0.123. The minimum absolute atomic E-state index is 0.123. The van der Waals surface area contributed by atoms with Crippen molar-refractivity contribution in [3.63, 3.8) is 0 Å². The van der Waals surface area contributed by atoms with E-state index < -0.39 is 0 Å². The Hall–Kier alpha value is -2.49. The van der Waals surface area contributed by atoms with Crippen LogP contribution in [-0.2, 0) is 6.54 Å². The summed E-state index contributed by atoms with van der Waals surface area (Å²) in [5.74, 6) is 0. The Bertz CT molecular complexity index is 569. The third kappa shape index (κ3) is 3.51. The van der Waals surface area contributed by atoms with E-state index in [0.717, 1.165) is 11.3 Å². The Morgan fingerprint density at radius 1 is 1.15 bits per heavy atom. The largest absolute Gasteiger partial charge is 0.399 e. The van der Waals surface area contributed by atoms with Gasteiger partial charge < -0.3 is 11.1 Å². The van der Waals surface area contributed by atoms with Crippen LogP contribution in [0, 0.1) is 0 Å². The van der Waals surface area contributed by atoms with Gasteiger partial charge in [0.2, 0.25) is 0 Å². The van der Waals surface area contributed by atoms with Crippen LogP contribution in [0.5, 0.6) is 0 Å². The zero-order chi connectivity index (χ0) is 14.4. The van der Waals surface area contributed by atoms with Gasteiger partial charge in [-0.15, -0.1) is 0 Å². The van der Waals surface area contributed by atoms with Crippen molar-refractivity contribution in [2.45, 2.75) is 13.5 Å². The number of carbonyl (C=O) groups is 1. The summed E-state index contributed by atoms with van der Waals surface area (Å²) < 4.78 is 0. The fraction of sp³-hybridized carbons (Fsp3) is 0.188. The maximum Gasteiger partial charge on any atom is 0.322 e. The smallest absolute Gasteiger partial charge is 0.322 e. The highest BCUT2D eigenvalue weighted by molar-refractivity contribution is 5.92. The Morgan fingerprint density at radius 2 is 1.90 bits per heavy atom. The lowest BCUT2D eigenvalue weighted by Gasteiger charge is -2.21. The van der Waals surface area contributed by atoms with Gasteiger partial charge in [-0.05, 0) is 30.7 Å². The average molecular weight is 269 g/mol. The molecule has 2 aromatic carbocycles. The number of nitrogens with one attached hydrogen (secondary N) is 1. The fourth-order valence-corrected chi connectivity index (χ4v) is 2.01. The third-order valence-electron chi connectivity index (χ3n) is 3.03. The highest BCUT2D eigenvalue weighted by Crippen LogP contribution is 2.17. The summed E-state index contributed by atoms with van der Waals surface area (Å²) in [7, 11) is 0. The van der Waals surface area contributed by atoms with Crippen molar-refractivity contribution >= 4 is 17.4 Å². The molecule has 0 bridgehead atoms. The van der Waals surface area contributed by atoms with Crippen LogP contribution >= 0.6 is 0 Å². The van der Waals surface area contributed by atoms with Crippen LogP contribution in [0.2, 0.25) is 0 Å². The van der Waals surface area contributed by atoms with Crippen molar-refractivity contribution in [1.82, 2.24) is 5.32 Å². The Labute approximate surface area is 119 Å². The molecule has 0 heterocycles. The molecule has 0 fully saturated rings. The second kappa shape index (κ2) is 6.61. The van der Waals surface area contributed by atoms with Crippen molar-refractivity contribution in [3.8, 4) is 0 Å². The maximum absolute atomic E-state index is 12.2. The molecule has 3 N–H and O–H groups in total. The van der Waals surface area contributed by atoms with E-state index in [4.69, 9.17) is 5.73 Å². The predicted octanol–water partition coefficient (Wildman–Crippen LogP) is 3.00. The Morgan fingerprint density at radius 3 is 2.55 bits per heavy atom. The van der Waals surface area contributed by atoms with Gasteiger partial charge >= 0.3 is 6.03 Å². The van der Waals surface area contributed by atoms with Crippen LogP contribution in [-0.4, -0.2) is 12.6 Å². The van der Waals surface area contributed by atoms with Gasteiger partial charge in [-0.2, -0.15) is 0 Å². The molecule has 104 valence electrons. The van der Waals surface area contributed by atoms with Gasteiger partial charge in [0, 0.05) is 24.5 Å². The molecule has 0 radical (unpaired) electrons. The lowest BCUT2D eigenvalue weighted by Crippen LogP contribution is -2.39. The summed E-state index contributed by atoms with van der Waals surface area (Å²) in [6.45, 7) is 3.04. The van der Waals surface area contributed by atoms with E-state index in [9.17, 15) is 4.79 Å². The van der Waals surface area contributed by atoms with Crippen molar-refractivity contribution in [2.24, 2.45) is 0 Å². The number of carbonyl (C=O) groups excluding carboxylic acids is 1. The molecular weight excluding hydrogens is 250 g/mol. The van der Waals surface area contributed by atoms with Crippen LogP contribution in [0.3, 0.4) is 0 Å². The van der Waals surface area contributed by atoms with Crippen LogP contribution in [0.1, 0.15) is 12.5 Å². The van der Waals surface area contributed by atoms with Crippen molar-refractivity contribution in [1.29, 1.82) is 0 Å². The number of anilines is 2. The van der Waals surface area contributed by atoms with Gasteiger partial charge in [-0.25, -0.2) is 4.79 Å². The molecule has 0 saturated carbocycles. The lowest BCUT2D eigenvalue weighted by atomic mass is 10.2. The van der Waals surface area contributed by atoms with Gasteiger partial charge in [-0.3, -0.25) is 4.90 Å². The Kier molecular flexibility index (Phi) is 4.60. The first kappa shape index (κ1) is 13.9. The Balaban J connectivity index is 2.02. The topological polar surface area (TPSA) is 58.4 Å². The normalized spacial score (nSPS) is 10.1. The van der Waals surface area contributed by atoms with Gasteiger partial charge in [-0.1, -0.05) is 36.4 Å². The van der Waals surface area contributed by atoms with Gasteiger partial charge in [0.1, 0.15) is 0 Å². The SMILES string of the molecule is CCN(C(=O)NCc1ccccc1)c1cccc(N)c1. The first-order chi connectivity index (χ1) is 9.70. The molecule has 0 aliphatic heterocycles. The minimum Gasteiger partial charge on any atom is -0.399 e. The molecule has 0 spiro atoms. The quantitative estimate of drug-likeness (QED) is 0.838. The van der Waals surface area contributed by atoms with E-state index >= 15 is 0 Å². The van der Waals surface area contributed by atoms with Crippen molar-refractivity contribution in [2.75, 3.05) is 17.2 Å². The molecule has 0 atom stereocenters. The summed E-state index contributed by atoms with van der Waals surface area (Å²) in [6.07, 6.45) is 0.